The smallest absolute Gasteiger partial charge is 0.171 e. The number of aryl methyl sites for hydroxylation is 1. The summed E-state index contributed by atoms with van der Waals surface area (Å²) in [4.78, 5) is 4.18. The van der Waals surface area contributed by atoms with Crippen LogP contribution >= 0.6 is 11.6 Å². The van der Waals surface area contributed by atoms with E-state index in [1.807, 2.05) is 19.1 Å². The third-order valence-electron chi connectivity index (χ3n) is 2.12. The molecule has 0 saturated heterocycles. The van der Waals surface area contributed by atoms with Crippen LogP contribution < -0.4 is 5.73 Å². The van der Waals surface area contributed by atoms with Gasteiger partial charge in [0.15, 0.2) is 5.82 Å². The molecular formula is C10H11ClN4. The molecule has 1 heterocycles. The molecule has 0 aliphatic rings. The van der Waals surface area contributed by atoms with Gasteiger partial charge in [-0.2, -0.15) is 5.10 Å². The van der Waals surface area contributed by atoms with Crippen molar-refractivity contribution in [3.05, 3.63) is 46.5 Å². The van der Waals surface area contributed by atoms with Crippen LogP contribution in [-0.4, -0.2) is 15.2 Å². The second-order valence-corrected chi connectivity index (χ2v) is 3.74. The second-order valence-electron chi connectivity index (χ2n) is 3.31. The lowest BCUT2D eigenvalue weighted by molar-refractivity contribution is 0.787. The molecule has 3 N–H and O–H groups in total. The molecule has 1 unspecified atom stereocenters. The van der Waals surface area contributed by atoms with E-state index < -0.39 is 0 Å². The van der Waals surface area contributed by atoms with Crippen LogP contribution in [0.15, 0.2) is 24.3 Å². The summed E-state index contributed by atoms with van der Waals surface area (Å²) in [5, 5.41) is 7.48. The molecule has 1 aromatic heterocycles. The van der Waals surface area contributed by atoms with E-state index in [9.17, 15) is 0 Å². The van der Waals surface area contributed by atoms with Crippen molar-refractivity contribution >= 4 is 11.6 Å². The Morgan fingerprint density at radius 1 is 1.33 bits per heavy atom. The van der Waals surface area contributed by atoms with Crippen molar-refractivity contribution in [3.8, 4) is 0 Å². The molecular weight excluding hydrogens is 212 g/mol. The lowest BCUT2D eigenvalue weighted by Gasteiger charge is -2.07. The van der Waals surface area contributed by atoms with Gasteiger partial charge in [-0.05, 0) is 24.6 Å². The fourth-order valence-electron chi connectivity index (χ4n) is 1.32. The fraction of sp³-hybridized carbons (Fsp3) is 0.200. The molecule has 0 amide bonds. The number of hydrogen-bond donors (Lipinski definition) is 2. The normalized spacial score (nSPS) is 12.7. The van der Waals surface area contributed by atoms with Crippen molar-refractivity contribution in [1.82, 2.24) is 15.2 Å². The van der Waals surface area contributed by atoms with Gasteiger partial charge in [-0.3, -0.25) is 5.10 Å². The van der Waals surface area contributed by atoms with Crippen LogP contribution in [0.4, 0.5) is 0 Å². The highest BCUT2D eigenvalue weighted by Crippen LogP contribution is 2.18. The van der Waals surface area contributed by atoms with E-state index >= 15 is 0 Å². The zero-order valence-corrected chi connectivity index (χ0v) is 8.99. The van der Waals surface area contributed by atoms with E-state index in [0.717, 1.165) is 11.4 Å². The second kappa shape index (κ2) is 4.00. The summed E-state index contributed by atoms with van der Waals surface area (Å²) in [5.74, 6) is 1.35. The molecule has 0 aliphatic heterocycles. The number of nitrogens with two attached hydrogens (primary N) is 1. The van der Waals surface area contributed by atoms with Crippen molar-refractivity contribution in [2.45, 2.75) is 13.0 Å². The van der Waals surface area contributed by atoms with E-state index in [1.54, 1.807) is 12.1 Å². The molecule has 0 fully saturated rings. The minimum atomic E-state index is -0.313. The molecule has 1 atom stereocenters. The lowest BCUT2D eigenvalue weighted by atomic mass is 10.1. The van der Waals surface area contributed by atoms with E-state index in [4.69, 9.17) is 17.3 Å². The first-order chi connectivity index (χ1) is 7.16. The third kappa shape index (κ3) is 2.16. The monoisotopic (exact) mass is 222 g/mol. The zero-order chi connectivity index (χ0) is 10.8. The van der Waals surface area contributed by atoms with Crippen LogP contribution in [0.25, 0.3) is 0 Å². The molecule has 1 aromatic carbocycles. The number of halogens is 1. The van der Waals surface area contributed by atoms with Crippen LogP contribution in [0.2, 0.25) is 5.02 Å². The highest BCUT2D eigenvalue weighted by atomic mass is 35.5. The van der Waals surface area contributed by atoms with Gasteiger partial charge in [-0.1, -0.05) is 23.7 Å². The van der Waals surface area contributed by atoms with E-state index in [-0.39, 0.29) is 6.04 Å². The van der Waals surface area contributed by atoms with E-state index in [2.05, 4.69) is 15.2 Å². The Morgan fingerprint density at radius 2 is 2.00 bits per heavy atom. The number of hydrogen-bond acceptors (Lipinski definition) is 3. The number of H-pyrrole nitrogens is 1. The van der Waals surface area contributed by atoms with Crippen LogP contribution in [0.5, 0.6) is 0 Å². The van der Waals surface area contributed by atoms with Crippen LogP contribution in [-0.2, 0) is 0 Å². The number of nitrogens with zero attached hydrogens (tertiary/aromatic N) is 2. The molecule has 4 nitrogen and oxygen atoms in total. The first kappa shape index (κ1) is 10.1. The molecule has 15 heavy (non-hydrogen) atoms. The molecule has 0 aliphatic carbocycles. The highest BCUT2D eigenvalue weighted by Gasteiger charge is 2.12. The lowest BCUT2D eigenvalue weighted by Crippen LogP contribution is -2.13. The summed E-state index contributed by atoms with van der Waals surface area (Å²) in [5.41, 5.74) is 6.93. The summed E-state index contributed by atoms with van der Waals surface area (Å²) >= 11 is 5.79. The van der Waals surface area contributed by atoms with E-state index in [1.165, 1.54) is 0 Å². The van der Waals surface area contributed by atoms with E-state index in [0.29, 0.717) is 10.8 Å². The van der Waals surface area contributed by atoms with Gasteiger partial charge < -0.3 is 5.73 Å². The average molecular weight is 223 g/mol. The van der Waals surface area contributed by atoms with Crippen LogP contribution in [0, 0.1) is 6.92 Å². The highest BCUT2D eigenvalue weighted by molar-refractivity contribution is 6.30. The maximum absolute atomic E-state index is 5.99. The molecule has 0 radical (unpaired) electrons. The molecule has 2 rings (SSSR count). The molecule has 0 saturated carbocycles. The van der Waals surface area contributed by atoms with Crippen molar-refractivity contribution in [1.29, 1.82) is 0 Å². The van der Waals surface area contributed by atoms with Crippen molar-refractivity contribution < 1.29 is 0 Å². The Kier molecular flexibility index (Phi) is 2.70. The quantitative estimate of drug-likeness (QED) is 0.815. The maximum atomic E-state index is 5.99. The van der Waals surface area contributed by atoms with Gasteiger partial charge in [0.2, 0.25) is 0 Å². The number of aromatic amines is 1. The molecule has 78 valence electrons. The van der Waals surface area contributed by atoms with Crippen molar-refractivity contribution in [3.63, 3.8) is 0 Å². The number of benzene rings is 1. The summed E-state index contributed by atoms with van der Waals surface area (Å²) in [6.07, 6.45) is 0. The van der Waals surface area contributed by atoms with Gasteiger partial charge in [0.25, 0.3) is 0 Å². The van der Waals surface area contributed by atoms with Gasteiger partial charge in [0.05, 0.1) is 6.04 Å². The minimum absolute atomic E-state index is 0.313. The number of nitrogens with one attached hydrogen (secondary N) is 1. The van der Waals surface area contributed by atoms with Crippen LogP contribution in [0.3, 0.4) is 0 Å². The predicted molar refractivity (Wildman–Crippen MR) is 58.6 cm³/mol. The Morgan fingerprint density at radius 3 is 2.53 bits per heavy atom. The molecule has 5 heteroatoms. The third-order valence-corrected chi connectivity index (χ3v) is 2.37. The largest absolute Gasteiger partial charge is 0.318 e. The topological polar surface area (TPSA) is 67.6 Å². The predicted octanol–water partition coefficient (Wildman–Crippen LogP) is 1.81. The van der Waals surface area contributed by atoms with Gasteiger partial charge in [-0.25, -0.2) is 4.98 Å². The summed E-state index contributed by atoms with van der Waals surface area (Å²) in [6, 6.07) is 7.04. The van der Waals surface area contributed by atoms with Crippen molar-refractivity contribution in [2.24, 2.45) is 5.73 Å². The van der Waals surface area contributed by atoms with Gasteiger partial charge in [-0.15, -0.1) is 0 Å². The summed E-state index contributed by atoms with van der Waals surface area (Å²) < 4.78 is 0. The Balaban J connectivity index is 2.28. The summed E-state index contributed by atoms with van der Waals surface area (Å²) in [6.45, 7) is 1.84. The van der Waals surface area contributed by atoms with Gasteiger partial charge in [0, 0.05) is 5.02 Å². The molecule has 2 aromatic rings. The zero-order valence-electron chi connectivity index (χ0n) is 8.24. The maximum Gasteiger partial charge on any atom is 0.171 e. The standard InChI is InChI=1S/C10H11ClN4/c1-6-13-10(15-14-6)9(12)7-2-4-8(11)5-3-7/h2-5,9H,12H2,1H3,(H,13,14,15). The van der Waals surface area contributed by atoms with Gasteiger partial charge in [0.1, 0.15) is 5.82 Å². The SMILES string of the molecule is Cc1nc(C(N)c2ccc(Cl)cc2)n[nH]1. The minimum Gasteiger partial charge on any atom is -0.318 e. The van der Waals surface area contributed by atoms with Gasteiger partial charge >= 0.3 is 0 Å². The molecule has 0 bridgehead atoms. The van der Waals surface area contributed by atoms with Crippen LogP contribution in [0.1, 0.15) is 23.3 Å². The first-order valence-electron chi connectivity index (χ1n) is 4.57. The Labute approximate surface area is 92.5 Å². The Bertz CT molecular complexity index is 449. The first-order valence-corrected chi connectivity index (χ1v) is 4.94. The van der Waals surface area contributed by atoms with Crippen molar-refractivity contribution in [2.75, 3.05) is 0 Å². The molecule has 0 spiro atoms. The summed E-state index contributed by atoms with van der Waals surface area (Å²) in [7, 11) is 0. The average Bonchev–Trinajstić information content (AvgIpc) is 2.65. The number of aromatic nitrogens is 3. The Hall–Kier alpha value is -1.39. The fourth-order valence-corrected chi connectivity index (χ4v) is 1.44. The number of rotatable bonds is 2.